The quantitative estimate of drug-likeness (QED) is 0.549. The first-order chi connectivity index (χ1) is 4.77. The second-order valence-electron chi connectivity index (χ2n) is 3.00. The maximum absolute atomic E-state index is 10.5. The Bertz CT molecular complexity index is 195. The van der Waals surface area contributed by atoms with Gasteiger partial charge in [-0.15, -0.1) is 0 Å². The molecular formula is C8H9O2. The number of allylic oxidation sites excluding steroid dienone is 2. The molecule has 2 bridgehead atoms. The first-order valence-corrected chi connectivity index (χ1v) is 3.53. The third kappa shape index (κ3) is 0.681. The van der Waals surface area contributed by atoms with Crippen molar-refractivity contribution in [2.24, 2.45) is 17.8 Å². The monoisotopic (exact) mass is 137 g/mol. The lowest BCUT2D eigenvalue weighted by Gasteiger charge is -2.11. The minimum atomic E-state index is -0.670. The molecule has 53 valence electrons. The summed E-state index contributed by atoms with van der Waals surface area (Å²) in [5.74, 6) is -0.125. The minimum Gasteiger partial charge on any atom is -0.481 e. The van der Waals surface area contributed by atoms with Gasteiger partial charge in [-0.25, -0.2) is 0 Å². The number of rotatable bonds is 1. The van der Waals surface area contributed by atoms with Crippen molar-refractivity contribution in [3.05, 3.63) is 18.6 Å². The smallest absolute Gasteiger partial charge is 0.307 e. The first kappa shape index (κ1) is 5.96. The summed E-state index contributed by atoms with van der Waals surface area (Å²) >= 11 is 0. The summed E-state index contributed by atoms with van der Waals surface area (Å²) in [4.78, 5) is 10.5. The van der Waals surface area contributed by atoms with Crippen LogP contribution in [0.4, 0.5) is 0 Å². The van der Waals surface area contributed by atoms with Crippen molar-refractivity contribution < 1.29 is 9.90 Å². The van der Waals surface area contributed by atoms with Gasteiger partial charge in [-0.05, 0) is 24.7 Å². The van der Waals surface area contributed by atoms with Crippen LogP contribution in [0, 0.1) is 24.2 Å². The highest BCUT2D eigenvalue weighted by atomic mass is 16.4. The van der Waals surface area contributed by atoms with E-state index in [-0.39, 0.29) is 5.92 Å². The van der Waals surface area contributed by atoms with E-state index in [2.05, 4.69) is 6.08 Å². The maximum atomic E-state index is 10.5. The molecule has 1 N–H and O–H groups in total. The largest absolute Gasteiger partial charge is 0.481 e. The molecule has 2 heteroatoms. The number of hydrogen-bond acceptors (Lipinski definition) is 1. The fraction of sp³-hybridized carbons (Fsp3) is 0.500. The van der Waals surface area contributed by atoms with E-state index in [0.29, 0.717) is 11.8 Å². The van der Waals surface area contributed by atoms with Gasteiger partial charge in [-0.3, -0.25) is 4.79 Å². The molecule has 1 radical (unpaired) electrons. The zero-order chi connectivity index (χ0) is 7.14. The topological polar surface area (TPSA) is 37.3 Å². The van der Waals surface area contributed by atoms with Crippen LogP contribution in [-0.2, 0) is 4.79 Å². The van der Waals surface area contributed by atoms with E-state index >= 15 is 0 Å². The molecular weight excluding hydrogens is 128 g/mol. The lowest BCUT2D eigenvalue weighted by atomic mass is 9.94. The van der Waals surface area contributed by atoms with E-state index < -0.39 is 5.97 Å². The molecule has 0 saturated heterocycles. The normalized spacial score (nSPS) is 42.6. The van der Waals surface area contributed by atoms with Gasteiger partial charge in [0.05, 0.1) is 5.92 Å². The van der Waals surface area contributed by atoms with Gasteiger partial charge in [0.15, 0.2) is 0 Å². The molecule has 1 saturated carbocycles. The van der Waals surface area contributed by atoms with E-state index in [1.165, 1.54) is 0 Å². The van der Waals surface area contributed by atoms with Gasteiger partial charge in [0, 0.05) is 0 Å². The van der Waals surface area contributed by atoms with Gasteiger partial charge in [-0.2, -0.15) is 0 Å². The number of carboxylic acid groups (broad SMARTS) is 1. The van der Waals surface area contributed by atoms with E-state index in [4.69, 9.17) is 5.11 Å². The predicted molar refractivity (Wildman–Crippen MR) is 36.2 cm³/mol. The molecule has 3 atom stereocenters. The average molecular weight is 137 g/mol. The number of carbonyl (C=O) groups is 1. The van der Waals surface area contributed by atoms with Crippen molar-refractivity contribution in [1.29, 1.82) is 0 Å². The molecule has 0 aliphatic heterocycles. The Hall–Kier alpha value is -0.790. The van der Waals surface area contributed by atoms with E-state index in [9.17, 15) is 4.79 Å². The van der Waals surface area contributed by atoms with Crippen LogP contribution in [0.1, 0.15) is 6.42 Å². The van der Waals surface area contributed by atoms with Crippen molar-refractivity contribution in [3.8, 4) is 0 Å². The zero-order valence-corrected chi connectivity index (χ0v) is 5.53. The third-order valence-electron chi connectivity index (χ3n) is 2.35. The van der Waals surface area contributed by atoms with Gasteiger partial charge >= 0.3 is 5.97 Å². The van der Waals surface area contributed by atoms with Gasteiger partial charge in [0.1, 0.15) is 0 Å². The summed E-state index contributed by atoms with van der Waals surface area (Å²) in [6.45, 7) is 0. The Balaban J connectivity index is 2.16. The highest BCUT2D eigenvalue weighted by Crippen LogP contribution is 2.42. The van der Waals surface area contributed by atoms with Crippen LogP contribution >= 0.6 is 0 Å². The van der Waals surface area contributed by atoms with Crippen LogP contribution in [0.5, 0.6) is 0 Å². The molecule has 10 heavy (non-hydrogen) atoms. The minimum absolute atomic E-state index is 0.199. The molecule has 0 heterocycles. The number of hydrogen-bond donors (Lipinski definition) is 1. The molecule has 0 aromatic rings. The highest BCUT2D eigenvalue weighted by Gasteiger charge is 2.39. The van der Waals surface area contributed by atoms with Gasteiger partial charge in [-0.1, -0.05) is 12.2 Å². The maximum Gasteiger partial charge on any atom is 0.307 e. The number of aliphatic carboxylic acids is 1. The average Bonchev–Trinajstić information content (AvgIpc) is 2.44. The Morgan fingerprint density at radius 1 is 1.50 bits per heavy atom. The number of fused-ring (bicyclic) bond motifs is 2. The Labute approximate surface area is 59.5 Å². The van der Waals surface area contributed by atoms with E-state index in [1.54, 1.807) is 0 Å². The SMILES string of the molecule is O=C(O)C1[CH]C2C=CC1C2. The van der Waals surface area contributed by atoms with Crippen molar-refractivity contribution in [1.82, 2.24) is 0 Å². The van der Waals surface area contributed by atoms with Crippen LogP contribution in [0.25, 0.3) is 0 Å². The fourth-order valence-electron chi connectivity index (χ4n) is 1.84. The van der Waals surface area contributed by atoms with Gasteiger partial charge in [0.2, 0.25) is 0 Å². The summed E-state index contributed by atoms with van der Waals surface area (Å²) in [6, 6.07) is 0. The lowest BCUT2D eigenvalue weighted by molar-refractivity contribution is -0.141. The van der Waals surface area contributed by atoms with Crippen molar-refractivity contribution in [2.75, 3.05) is 0 Å². The van der Waals surface area contributed by atoms with Gasteiger partial charge < -0.3 is 5.11 Å². The Kier molecular flexibility index (Phi) is 1.10. The van der Waals surface area contributed by atoms with E-state index in [1.807, 2.05) is 12.5 Å². The third-order valence-corrected chi connectivity index (χ3v) is 2.35. The Morgan fingerprint density at radius 2 is 2.30 bits per heavy atom. The van der Waals surface area contributed by atoms with Crippen LogP contribution in [-0.4, -0.2) is 11.1 Å². The second kappa shape index (κ2) is 1.84. The molecule has 2 rings (SSSR count). The van der Waals surface area contributed by atoms with Crippen LogP contribution in [0.2, 0.25) is 0 Å². The molecule has 0 amide bonds. The highest BCUT2D eigenvalue weighted by molar-refractivity contribution is 5.73. The zero-order valence-electron chi connectivity index (χ0n) is 5.53. The standard InChI is InChI=1S/C8H9O2/c9-8(10)7-4-5-1-2-6(7)3-5/h1-2,4-7H,3H2,(H,9,10). The van der Waals surface area contributed by atoms with E-state index in [0.717, 1.165) is 6.42 Å². The summed E-state index contributed by atoms with van der Waals surface area (Å²) in [5, 5.41) is 8.67. The fourth-order valence-corrected chi connectivity index (χ4v) is 1.84. The second-order valence-corrected chi connectivity index (χ2v) is 3.00. The van der Waals surface area contributed by atoms with Crippen LogP contribution < -0.4 is 0 Å². The molecule has 0 aromatic heterocycles. The molecule has 2 aliphatic carbocycles. The lowest BCUT2D eigenvalue weighted by Crippen LogP contribution is -2.18. The molecule has 3 unspecified atom stereocenters. The summed E-state index contributed by atoms with van der Waals surface area (Å²) in [6.07, 6.45) is 7.09. The predicted octanol–water partition coefficient (Wildman–Crippen LogP) is 1.10. The molecule has 0 aromatic carbocycles. The molecule has 2 aliphatic rings. The number of carboxylic acids is 1. The van der Waals surface area contributed by atoms with Gasteiger partial charge in [0.25, 0.3) is 0 Å². The van der Waals surface area contributed by atoms with Crippen molar-refractivity contribution >= 4 is 5.97 Å². The van der Waals surface area contributed by atoms with Crippen LogP contribution in [0.3, 0.4) is 0 Å². The van der Waals surface area contributed by atoms with Crippen molar-refractivity contribution in [3.63, 3.8) is 0 Å². The first-order valence-electron chi connectivity index (χ1n) is 3.53. The van der Waals surface area contributed by atoms with Crippen molar-refractivity contribution in [2.45, 2.75) is 6.42 Å². The molecule has 2 nitrogen and oxygen atoms in total. The Morgan fingerprint density at radius 3 is 2.60 bits per heavy atom. The summed E-state index contributed by atoms with van der Waals surface area (Å²) in [7, 11) is 0. The summed E-state index contributed by atoms with van der Waals surface area (Å²) < 4.78 is 0. The summed E-state index contributed by atoms with van der Waals surface area (Å²) in [5.41, 5.74) is 0. The molecule has 1 fully saturated rings. The van der Waals surface area contributed by atoms with Crippen LogP contribution in [0.15, 0.2) is 12.2 Å². The molecule has 0 spiro atoms.